The van der Waals surface area contributed by atoms with Gasteiger partial charge in [0, 0.05) is 9.60 Å². The molecular weight excluding hydrogens is 192 g/mol. The van der Waals surface area contributed by atoms with Crippen molar-refractivity contribution in [3.8, 4) is 0 Å². The molecule has 0 aliphatic carbocycles. The monoisotopic (exact) mass is 209 g/mol. The average molecular weight is 210 g/mol. The van der Waals surface area contributed by atoms with Crippen molar-refractivity contribution in [2.24, 2.45) is 0 Å². The molecule has 0 spiro atoms. The molecule has 0 radical (unpaired) electrons. The molecule has 0 saturated heterocycles. The molecule has 2 nitrogen and oxygen atoms in total. The fourth-order valence-electron chi connectivity index (χ4n) is 0.370. The molecule has 0 aliphatic rings. The Morgan fingerprint density at radius 1 is 1.80 bits per heavy atom. The Hall–Kier alpha value is -0.440. The van der Waals surface area contributed by atoms with Gasteiger partial charge in [0.25, 0.3) is 0 Å². The van der Waals surface area contributed by atoms with Crippen molar-refractivity contribution in [3.05, 3.63) is 22.4 Å². The third kappa shape index (κ3) is 2.06. The molecule has 0 unspecified atom stereocenters. The predicted octanol–water partition coefficient (Wildman–Crippen LogP) is 2.19. The first-order valence-corrected chi connectivity index (χ1v) is 3.13. The van der Waals surface area contributed by atoms with Gasteiger partial charge in [-0.1, -0.05) is 13.2 Å². The highest BCUT2D eigenvalue weighted by Crippen LogP contribution is 2.04. The second kappa shape index (κ2) is 3.66. The van der Waals surface area contributed by atoms with Gasteiger partial charge in [0.1, 0.15) is 4.60 Å². The Morgan fingerprint density at radius 2 is 2.70 bits per heavy atom. The first-order valence-electron chi connectivity index (χ1n) is 6.84. The van der Waals surface area contributed by atoms with Crippen molar-refractivity contribution in [3.63, 3.8) is 0 Å². The summed E-state index contributed by atoms with van der Waals surface area (Å²) in [6.45, 7) is -3.25. The molecule has 0 aromatic carbocycles. The lowest BCUT2D eigenvalue weighted by Crippen LogP contribution is -1.90. The summed E-state index contributed by atoms with van der Waals surface area (Å²) in [5, 5.41) is 6.69. The van der Waals surface area contributed by atoms with E-state index in [9.17, 15) is 0 Å². The van der Waals surface area contributed by atoms with Crippen LogP contribution in [-0.4, -0.2) is 10.2 Å². The normalized spacial score (nSPS) is 27.1. The van der Waals surface area contributed by atoms with Gasteiger partial charge in [0.2, 0.25) is 0 Å². The summed E-state index contributed by atoms with van der Waals surface area (Å²) < 4.78 is 66.3. The molecule has 3 heteroatoms. The Morgan fingerprint density at radius 3 is 3.50 bits per heavy atom. The van der Waals surface area contributed by atoms with E-state index < -0.39 is 37.4 Å². The number of hydrogen-bond acceptors (Lipinski definition) is 2. The molecular formula is C7H9BrN2. The van der Waals surface area contributed by atoms with Gasteiger partial charge in [-0.2, -0.15) is 5.10 Å². The van der Waals surface area contributed by atoms with Gasteiger partial charge in [0.15, 0.2) is 0 Å². The van der Waals surface area contributed by atoms with E-state index in [1.54, 1.807) is 0 Å². The molecule has 0 bridgehead atoms. The van der Waals surface area contributed by atoms with E-state index in [4.69, 9.17) is 12.3 Å². The molecule has 1 rings (SSSR count). The standard InChI is InChI=1S/C7H9BrN2/c1-2-3-6-4-5-7(8)10-9-6/h4-5H,2-3H2,1H3/i1D3,2D2,3D2,4D,5D. The van der Waals surface area contributed by atoms with Crippen molar-refractivity contribution in [1.82, 2.24) is 10.2 Å². The minimum absolute atomic E-state index is 0.105. The van der Waals surface area contributed by atoms with E-state index in [1.165, 1.54) is 0 Å². The van der Waals surface area contributed by atoms with E-state index in [0.717, 1.165) is 0 Å². The zero-order valence-corrected chi connectivity index (χ0v) is 6.36. The number of rotatable bonds is 2. The predicted molar refractivity (Wildman–Crippen MR) is 43.7 cm³/mol. The second-order valence-corrected chi connectivity index (χ2v) is 2.09. The Bertz CT molecular complexity index is 498. The largest absolute Gasteiger partial charge is 0.155 e. The maximum atomic E-state index is 7.64. The van der Waals surface area contributed by atoms with E-state index in [1.807, 2.05) is 0 Å². The number of hydrogen-bond donors (Lipinski definition) is 0. The summed E-state index contributed by atoms with van der Waals surface area (Å²) in [5.41, 5.74) is -0.818. The van der Waals surface area contributed by atoms with Gasteiger partial charge >= 0.3 is 0 Å². The number of aromatic nitrogens is 2. The Balaban J connectivity index is 3.48. The Kier molecular flexibility index (Phi) is 0.744. The van der Waals surface area contributed by atoms with Crippen LogP contribution in [0, 0.1) is 0 Å². The first kappa shape index (κ1) is 2.03. The molecule has 0 N–H and O–H groups in total. The fraction of sp³-hybridized carbons (Fsp3) is 0.429. The smallest absolute Gasteiger partial charge is 0.128 e. The highest BCUT2D eigenvalue weighted by molar-refractivity contribution is 9.10. The molecule has 10 heavy (non-hydrogen) atoms. The number of nitrogens with zero attached hydrogens (tertiary/aromatic N) is 2. The summed E-state index contributed by atoms with van der Waals surface area (Å²) in [7, 11) is 0. The van der Waals surface area contributed by atoms with Crippen LogP contribution in [0.2, 0.25) is 0 Å². The van der Waals surface area contributed by atoms with Crippen LogP contribution in [0.1, 0.15) is 31.3 Å². The van der Waals surface area contributed by atoms with Gasteiger partial charge in [-0.25, -0.2) is 0 Å². The SMILES string of the molecule is [2H]c1c(Br)nnc(C([2H])([2H])C([2H])([2H])C([2H])([2H])[2H])c1[2H]. The Labute approximate surface area is 81.4 Å². The maximum Gasteiger partial charge on any atom is 0.128 e. The van der Waals surface area contributed by atoms with Crippen LogP contribution < -0.4 is 0 Å². The summed E-state index contributed by atoms with van der Waals surface area (Å²) in [6, 6.07) is -1.20. The molecule has 0 saturated carbocycles. The van der Waals surface area contributed by atoms with Crippen LogP contribution in [-0.2, 0) is 6.37 Å². The molecule has 54 valence electrons. The lowest BCUT2D eigenvalue weighted by Gasteiger charge is -1.93. The van der Waals surface area contributed by atoms with Crippen molar-refractivity contribution < 1.29 is 12.3 Å². The third-order valence-corrected chi connectivity index (χ3v) is 1.06. The molecule has 0 atom stereocenters. The molecule has 1 aromatic rings. The number of halogens is 1. The average Bonchev–Trinajstić information content (AvgIpc) is 2.23. The topological polar surface area (TPSA) is 25.8 Å². The molecule has 1 heterocycles. The van der Waals surface area contributed by atoms with Gasteiger partial charge < -0.3 is 0 Å². The highest BCUT2D eigenvalue weighted by Gasteiger charge is 1.92. The summed E-state index contributed by atoms with van der Waals surface area (Å²) in [4.78, 5) is 0. The van der Waals surface area contributed by atoms with Crippen LogP contribution in [0.5, 0.6) is 0 Å². The lowest BCUT2D eigenvalue weighted by molar-refractivity contribution is 0.832. The summed E-state index contributed by atoms with van der Waals surface area (Å²) in [5.74, 6) is 0. The molecule has 0 amide bonds. The van der Waals surface area contributed by atoms with Crippen molar-refractivity contribution in [2.75, 3.05) is 0 Å². The number of aryl methyl sites for hydroxylation is 1. The lowest BCUT2D eigenvalue weighted by atomic mass is 10.2. The van der Waals surface area contributed by atoms with Gasteiger partial charge in [0.05, 0.1) is 8.44 Å². The van der Waals surface area contributed by atoms with E-state index in [0.29, 0.717) is 0 Å². The zero-order valence-electron chi connectivity index (χ0n) is 13.8. The fourth-order valence-corrected chi connectivity index (χ4v) is 0.549. The third-order valence-electron chi connectivity index (χ3n) is 0.703. The minimum Gasteiger partial charge on any atom is -0.155 e. The van der Waals surface area contributed by atoms with Crippen LogP contribution >= 0.6 is 15.9 Å². The van der Waals surface area contributed by atoms with E-state index >= 15 is 0 Å². The van der Waals surface area contributed by atoms with Gasteiger partial charge in [-0.15, -0.1) is 5.10 Å². The zero-order chi connectivity index (χ0) is 15.2. The van der Waals surface area contributed by atoms with Crippen LogP contribution in [0.3, 0.4) is 0 Å². The van der Waals surface area contributed by atoms with Crippen molar-refractivity contribution in [2.45, 2.75) is 19.6 Å². The molecule has 1 aromatic heterocycles. The van der Waals surface area contributed by atoms with Crippen LogP contribution in [0.15, 0.2) is 16.7 Å². The van der Waals surface area contributed by atoms with Crippen LogP contribution in [0.4, 0.5) is 0 Å². The summed E-state index contributed by atoms with van der Waals surface area (Å²) in [6.07, 6.45) is -6.36. The van der Waals surface area contributed by atoms with Gasteiger partial charge in [-0.3, -0.25) is 0 Å². The second-order valence-electron chi connectivity index (χ2n) is 1.34. The molecule has 0 fully saturated rings. The van der Waals surface area contributed by atoms with Crippen LogP contribution in [0.25, 0.3) is 0 Å². The van der Waals surface area contributed by atoms with Crippen molar-refractivity contribution >= 4 is 15.9 Å². The highest BCUT2D eigenvalue weighted by atomic mass is 79.9. The quantitative estimate of drug-likeness (QED) is 0.747. The minimum atomic E-state index is -3.27. The summed E-state index contributed by atoms with van der Waals surface area (Å²) >= 11 is 2.83. The van der Waals surface area contributed by atoms with Gasteiger partial charge in [-0.05, 0) is 34.4 Å². The van der Waals surface area contributed by atoms with Crippen molar-refractivity contribution in [1.29, 1.82) is 0 Å². The van der Waals surface area contributed by atoms with E-state index in [2.05, 4.69) is 26.1 Å². The maximum absolute atomic E-state index is 7.64. The first-order chi connectivity index (χ1) is 8.34. The van der Waals surface area contributed by atoms with E-state index in [-0.39, 0.29) is 4.60 Å². The molecule has 0 aliphatic heterocycles.